The molecule has 0 saturated heterocycles. The predicted octanol–water partition coefficient (Wildman–Crippen LogP) is 2.52. The van der Waals surface area contributed by atoms with Gasteiger partial charge in [0.2, 0.25) is 0 Å². The van der Waals surface area contributed by atoms with E-state index in [-0.39, 0.29) is 17.0 Å². The second-order valence-corrected chi connectivity index (χ2v) is 5.08. The molecule has 1 saturated carbocycles. The van der Waals surface area contributed by atoms with Crippen LogP contribution in [0.3, 0.4) is 0 Å². The Balaban J connectivity index is 1.90. The van der Waals surface area contributed by atoms with Crippen LogP contribution in [0.4, 0.5) is 8.78 Å². The van der Waals surface area contributed by atoms with Crippen molar-refractivity contribution in [3.63, 3.8) is 0 Å². The molecule has 1 aliphatic rings. The molecule has 1 fully saturated rings. The SMILES string of the molecule is COCCNCC1(Cc2cc(F)ccc2F)CC1. The zero-order chi connectivity index (χ0) is 13.0. The van der Waals surface area contributed by atoms with Gasteiger partial charge in [-0.2, -0.15) is 0 Å². The van der Waals surface area contributed by atoms with E-state index in [1.165, 1.54) is 12.1 Å². The van der Waals surface area contributed by atoms with Crippen molar-refractivity contribution in [2.75, 3.05) is 26.8 Å². The normalized spacial score (nSPS) is 16.8. The van der Waals surface area contributed by atoms with Crippen molar-refractivity contribution < 1.29 is 13.5 Å². The largest absolute Gasteiger partial charge is 0.383 e. The molecule has 1 N–H and O–H groups in total. The number of rotatable bonds is 7. The smallest absolute Gasteiger partial charge is 0.126 e. The van der Waals surface area contributed by atoms with Crippen LogP contribution in [-0.4, -0.2) is 26.8 Å². The highest BCUT2D eigenvalue weighted by Crippen LogP contribution is 2.48. The second kappa shape index (κ2) is 5.76. The van der Waals surface area contributed by atoms with E-state index < -0.39 is 0 Å². The lowest BCUT2D eigenvalue weighted by Crippen LogP contribution is -2.28. The van der Waals surface area contributed by atoms with Gasteiger partial charge in [-0.25, -0.2) is 8.78 Å². The van der Waals surface area contributed by atoms with Gasteiger partial charge in [-0.15, -0.1) is 0 Å². The van der Waals surface area contributed by atoms with E-state index in [1.54, 1.807) is 7.11 Å². The Kier molecular flexibility index (Phi) is 4.30. The zero-order valence-electron chi connectivity index (χ0n) is 10.6. The van der Waals surface area contributed by atoms with Gasteiger partial charge in [0.05, 0.1) is 6.61 Å². The lowest BCUT2D eigenvalue weighted by atomic mass is 9.96. The van der Waals surface area contributed by atoms with Gasteiger partial charge in [-0.1, -0.05) is 0 Å². The summed E-state index contributed by atoms with van der Waals surface area (Å²) in [6.07, 6.45) is 2.75. The molecular weight excluding hydrogens is 236 g/mol. The molecule has 2 rings (SSSR count). The maximum Gasteiger partial charge on any atom is 0.126 e. The van der Waals surface area contributed by atoms with Crippen LogP contribution >= 0.6 is 0 Å². The number of benzene rings is 1. The minimum absolute atomic E-state index is 0.113. The van der Waals surface area contributed by atoms with Gasteiger partial charge in [0.25, 0.3) is 0 Å². The van der Waals surface area contributed by atoms with Crippen molar-refractivity contribution in [2.45, 2.75) is 19.3 Å². The van der Waals surface area contributed by atoms with Gasteiger partial charge >= 0.3 is 0 Å². The summed E-state index contributed by atoms with van der Waals surface area (Å²) in [6, 6.07) is 3.68. The van der Waals surface area contributed by atoms with Crippen LogP contribution in [-0.2, 0) is 11.2 Å². The third-order valence-electron chi connectivity index (χ3n) is 3.51. The van der Waals surface area contributed by atoms with Crippen molar-refractivity contribution in [1.82, 2.24) is 5.32 Å². The molecule has 0 atom stereocenters. The Labute approximate surface area is 106 Å². The molecule has 4 heteroatoms. The van der Waals surface area contributed by atoms with E-state index in [2.05, 4.69) is 5.32 Å². The predicted molar refractivity (Wildman–Crippen MR) is 66.5 cm³/mol. The van der Waals surface area contributed by atoms with Crippen LogP contribution in [0, 0.1) is 17.0 Å². The summed E-state index contributed by atoms with van der Waals surface area (Å²) in [5.41, 5.74) is 0.601. The summed E-state index contributed by atoms with van der Waals surface area (Å²) in [5, 5.41) is 3.30. The van der Waals surface area contributed by atoms with Crippen LogP contribution < -0.4 is 5.32 Å². The summed E-state index contributed by atoms with van der Waals surface area (Å²) in [4.78, 5) is 0. The van der Waals surface area contributed by atoms with Crippen LogP contribution in [0.1, 0.15) is 18.4 Å². The number of halogens is 2. The average molecular weight is 255 g/mol. The van der Waals surface area contributed by atoms with Gasteiger partial charge < -0.3 is 10.1 Å². The maximum absolute atomic E-state index is 13.6. The first-order chi connectivity index (χ1) is 8.65. The monoisotopic (exact) mass is 255 g/mol. The first-order valence-electron chi connectivity index (χ1n) is 6.29. The fourth-order valence-electron chi connectivity index (χ4n) is 2.20. The fraction of sp³-hybridized carbons (Fsp3) is 0.571. The van der Waals surface area contributed by atoms with Gasteiger partial charge in [-0.3, -0.25) is 0 Å². The third-order valence-corrected chi connectivity index (χ3v) is 3.51. The van der Waals surface area contributed by atoms with Gasteiger partial charge in [-0.05, 0) is 48.4 Å². The molecule has 1 aromatic rings. The Morgan fingerprint density at radius 3 is 2.78 bits per heavy atom. The average Bonchev–Trinajstić information content (AvgIpc) is 3.10. The Bertz CT molecular complexity index is 405. The molecule has 0 amide bonds. The Morgan fingerprint density at radius 2 is 2.11 bits per heavy atom. The van der Waals surface area contributed by atoms with E-state index in [0.29, 0.717) is 18.6 Å². The summed E-state index contributed by atoms with van der Waals surface area (Å²) >= 11 is 0. The van der Waals surface area contributed by atoms with Gasteiger partial charge in [0.15, 0.2) is 0 Å². The molecular formula is C14H19F2NO. The molecule has 18 heavy (non-hydrogen) atoms. The van der Waals surface area contributed by atoms with Crippen LogP contribution in [0.2, 0.25) is 0 Å². The highest BCUT2D eigenvalue weighted by atomic mass is 19.1. The molecule has 1 aromatic carbocycles. The highest BCUT2D eigenvalue weighted by molar-refractivity contribution is 5.22. The van der Waals surface area contributed by atoms with Crippen molar-refractivity contribution in [3.8, 4) is 0 Å². The van der Waals surface area contributed by atoms with Crippen molar-refractivity contribution in [2.24, 2.45) is 5.41 Å². The number of nitrogens with one attached hydrogen (secondary N) is 1. The number of ether oxygens (including phenoxy) is 1. The van der Waals surface area contributed by atoms with E-state index in [9.17, 15) is 8.78 Å². The van der Waals surface area contributed by atoms with Gasteiger partial charge in [0.1, 0.15) is 11.6 Å². The molecule has 1 aliphatic carbocycles. The first kappa shape index (κ1) is 13.4. The minimum atomic E-state index is -0.366. The molecule has 0 heterocycles. The Morgan fingerprint density at radius 1 is 1.33 bits per heavy atom. The summed E-state index contributed by atoms with van der Waals surface area (Å²) < 4.78 is 31.6. The standard InChI is InChI=1S/C14H19F2NO/c1-18-7-6-17-10-14(4-5-14)9-11-8-12(15)2-3-13(11)16/h2-3,8,17H,4-7,9-10H2,1H3. The fourth-order valence-corrected chi connectivity index (χ4v) is 2.20. The van der Waals surface area contributed by atoms with Crippen LogP contribution in [0.25, 0.3) is 0 Å². The quantitative estimate of drug-likeness (QED) is 0.756. The molecule has 0 bridgehead atoms. The van der Waals surface area contributed by atoms with E-state index in [4.69, 9.17) is 4.74 Å². The summed E-state index contributed by atoms with van der Waals surface area (Å²) in [5.74, 6) is -0.672. The number of hydrogen-bond donors (Lipinski definition) is 1. The molecule has 0 aliphatic heterocycles. The molecule has 2 nitrogen and oxygen atoms in total. The molecule has 0 radical (unpaired) electrons. The zero-order valence-corrected chi connectivity index (χ0v) is 10.6. The van der Waals surface area contributed by atoms with E-state index in [1.807, 2.05) is 0 Å². The molecule has 100 valence electrons. The number of methoxy groups -OCH3 is 1. The highest BCUT2D eigenvalue weighted by Gasteiger charge is 2.42. The van der Waals surface area contributed by atoms with Crippen molar-refractivity contribution in [1.29, 1.82) is 0 Å². The maximum atomic E-state index is 13.6. The third kappa shape index (κ3) is 3.50. The van der Waals surface area contributed by atoms with E-state index >= 15 is 0 Å². The lowest BCUT2D eigenvalue weighted by molar-refractivity contribution is 0.197. The van der Waals surface area contributed by atoms with Crippen molar-refractivity contribution >= 4 is 0 Å². The summed E-state index contributed by atoms with van der Waals surface area (Å²) in [6.45, 7) is 2.31. The topological polar surface area (TPSA) is 21.3 Å². The van der Waals surface area contributed by atoms with E-state index in [0.717, 1.165) is 32.0 Å². The second-order valence-electron chi connectivity index (χ2n) is 5.08. The minimum Gasteiger partial charge on any atom is -0.383 e. The molecule has 0 unspecified atom stereocenters. The lowest BCUT2D eigenvalue weighted by Gasteiger charge is -2.16. The van der Waals surface area contributed by atoms with Crippen LogP contribution in [0.15, 0.2) is 18.2 Å². The molecule has 0 spiro atoms. The first-order valence-corrected chi connectivity index (χ1v) is 6.29. The van der Waals surface area contributed by atoms with Gasteiger partial charge in [0, 0.05) is 20.2 Å². The van der Waals surface area contributed by atoms with Crippen LogP contribution in [0.5, 0.6) is 0 Å². The number of hydrogen-bond acceptors (Lipinski definition) is 2. The van der Waals surface area contributed by atoms with Crippen molar-refractivity contribution in [3.05, 3.63) is 35.4 Å². The Hall–Kier alpha value is -1.00. The molecule has 0 aromatic heterocycles. The summed E-state index contributed by atoms with van der Waals surface area (Å²) in [7, 11) is 1.66.